The van der Waals surface area contributed by atoms with Gasteiger partial charge in [0.15, 0.2) is 5.96 Å². The van der Waals surface area contributed by atoms with Crippen molar-refractivity contribution >= 4 is 35.8 Å². The van der Waals surface area contributed by atoms with E-state index < -0.39 is 0 Å². The molecule has 3 unspecified atom stereocenters. The number of nitrogens with zero attached hydrogens (tertiary/aromatic N) is 2. The van der Waals surface area contributed by atoms with E-state index in [4.69, 9.17) is 4.74 Å². The quantitative estimate of drug-likeness (QED) is 0.381. The zero-order chi connectivity index (χ0) is 18.6. The predicted molar refractivity (Wildman–Crippen MR) is 121 cm³/mol. The number of fused-ring (bicyclic) bond motifs is 2. The highest BCUT2D eigenvalue weighted by molar-refractivity contribution is 14.0. The summed E-state index contributed by atoms with van der Waals surface area (Å²) in [6.07, 6.45) is 7.58. The lowest BCUT2D eigenvalue weighted by atomic mass is 9.96. The first kappa shape index (κ1) is 21.4. The summed E-state index contributed by atoms with van der Waals surface area (Å²) in [5, 5.41) is 6.87. The van der Waals surface area contributed by atoms with E-state index in [9.17, 15) is 4.79 Å². The third-order valence-corrected chi connectivity index (χ3v) is 5.93. The van der Waals surface area contributed by atoms with Crippen molar-refractivity contribution in [3.8, 4) is 0 Å². The number of carbonyl (C=O) groups is 1. The van der Waals surface area contributed by atoms with Crippen molar-refractivity contribution in [3.63, 3.8) is 0 Å². The Kier molecular flexibility index (Phi) is 7.56. The molecule has 3 heterocycles. The molecule has 28 heavy (non-hydrogen) atoms. The number of benzene rings is 1. The molecule has 0 radical (unpaired) electrons. The monoisotopic (exact) mass is 498 g/mol. The van der Waals surface area contributed by atoms with Gasteiger partial charge in [0, 0.05) is 32.2 Å². The van der Waals surface area contributed by atoms with E-state index in [1.165, 1.54) is 12.8 Å². The summed E-state index contributed by atoms with van der Waals surface area (Å²) in [5.74, 6) is 0.946. The summed E-state index contributed by atoms with van der Waals surface area (Å²) >= 11 is 0. The van der Waals surface area contributed by atoms with Gasteiger partial charge < -0.3 is 20.3 Å². The molecular weight excluding hydrogens is 467 g/mol. The highest BCUT2D eigenvalue weighted by Crippen LogP contribution is 2.34. The molecule has 1 aromatic rings. The van der Waals surface area contributed by atoms with Crippen LogP contribution in [0.1, 0.15) is 54.4 Å². The van der Waals surface area contributed by atoms with Gasteiger partial charge in [0.05, 0.1) is 18.2 Å². The van der Waals surface area contributed by atoms with Gasteiger partial charge in [0.1, 0.15) is 0 Å². The summed E-state index contributed by atoms with van der Waals surface area (Å²) in [7, 11) is 1.79. The lowest BCUT2D eigenvalue weighted by Crippen LogP contribution is -2.47. The Labute approximate surface area is 184 Å². The number of rotatable bonds is 4. The largest absolute Gasteiger partial charge is 0.373 e. The fourth-order valence-corrected chi connectivity index (χ4v) is 4.44. The molecule has 154 valence electrons. The van der Waals surface area contributed by atoms with Gasteiger partial charge in [-0.3, -0.25) is 9.79 Å². The first-order valence-corrected chi connectivity index (χ1v) is 10.2. The lowest BCUT2D eigenvalue weighted by Gasteiger charge is -2.27. The summed E-state index contributed by atoms with van der Waals surface area (Å²) in [5.41, 5.74) is 1.87. The summed E-state index contributed by atoms with van der Waals surface area (Å²) < 4.78 is 5.91. The van der Waals surface area contributed by atoms with Crippen LogP contribution < -0.4 is 10.6 Å². The molecule has 0 aliphatic carbocycles. The summed E-state index contributed by atoms with van der Waals surface area (Å²) in [4.78, 5) is 19.0. The molecule has 3 atom stereocenters. The van der Waals surface area contributed by atoms with Crippen LogP contribution in [0, 0.1) is 0 Å². The van der Waals surface area contributed by atoms with Crippen molar-refractivity contribution in [3.05, 3.63) is 35.4 Å². The maximum Gasteiger partial charge on any atom is 0.253 e. The van der Waals surface area contributed by atoms with Crippen LogP contribution in [-0.2, 0) is 11.3 Å². The fraction of sp³-hybridized carbons (Fsp3) is 0.619. The molecule has 2 bridgehead atoms. The van der Waals surface area contributed by atoms with E-state index in [0.29, 0.717) is 24.8 Å². The SMILES string of the molecule is CN=C(NCc1cccc(C(=O)N2CCCCC2)c1)NC1CC2CCC1O2.I. The van der Waals surface area contributed by atoms with E-state index in [1.54, 1.807) is 7.05 Å². The van der Waals surface area contributed by atoms with Gasteiger partial charge in [-0.15, -0.1) is 24.0 Å². The zero-order valence-electron chi connectivity index (χ0n) is 16.5. The van der Waals surface area contributed by atoms with E-state index in [2.05, 4.69) is 15.6 Å². The smallest absolute Gasteiger partial charge is 0.253 e. The molecule has 0 saturated carbocycles. The molecule has 4 rings (SSSR count). The minimum absolute atomic E-state index is 0. The minimum Gasteiger partial charge on any atom is -0.373 e. The van der Waals surface area contributed by atoms with Crippen LogP contribution in [-0.4, -0.2) is 55.2 Å². The number of aliphatic imine (C=N–C) groups is 1. The molecule has 3 aliphatic rings. The van der Waals surface area contributed by atoms with Gasteiger partial charge in [0.2, 0.25) is 0 Å². The van der Waals surface area contributed by atoms with Crippen molar-refractivity contribution in [2.24, 2.45) is 4.99 Å². The molecular formula is C21H31IN4O2. The van der Waals surface area contributed by atoms with Gasteiger partial charge in [-0.05, 0) is 56.2 Å². The standard InChI is InChI=1S/C21H30N4O2.HI/c1-22-21(24-18-13-17-8-9-19(18)27-17)23-14-15-6-5-7-16(12-15)20(26)25-10-3-2-4-11-25;/h5-7,12,17-19H,2-4,8-11,13-14H2,1H3,(H2,22,23,24);1H. The Morgan fingerprint density at radius 1 is 1.25 bits per heavy atom. The normalized spacial score (nSPS) is 26.7. The molecule has 0 aromatic heterocycles. The number of piperidine rings is 1. The van der Waals surface area contributed by atoms with E-state index >= 15 is 0 Å². The van der Waals surface area contributed by atoms with Crippen molar-refractivity contribution in [2.45, 2.75) is 63.3 Å². The minimum atomic E-state index is 0. The first-order valence-electron chi connectivity index (χ1n) is 10.2. The van der Waals surface area contributed by atoms with Crippen LogP contribution in [0.2, 0.25) is 0 Å². The summed E-state index contributed by atoms with van der Waals surface area (Å²) in [6.45, 7) is 2.40. The Morgan fingerprint density at radius 3 is 2.75 bits per heavy atom. The van der Waals surface area contributed by atoms with E-state index in [0.717, 1.165) is 55.9 Å². The van der Waals surface area contributed by atoms with E-state index in [1.807, 2.05) is 29.2 Å². The third kappa shape index (κ3) is 4.97. The first-order chi connectivity index (χ1) is 13.2. The molecule has 2 N–H and O–H groups in total. The molecule has 3 fully saturated rings. The Bertz CT molecular complexity index is 705. The molecule has 1 aromatic carbocycles. The van der Waals surface area contributed by atoms with Crippen LogP contribution in [0.3, 0.4) is 0 Å². The number of ether oxygens (including phenoxy) is 1. The second-order valence-electron chi connectivity index (χ2n) is 7.84. The van der Waals surface area contributed by atoms with Crippen molar-refractivity contribution < 1.29 is 9.53 Å². The second-order valence-corrected chi connectivity index (χ2v) is 7.84. The molecule has 7 heteroatoms. The van der Waals surface area contributed by atoms with Crippen LogP contribution >= 0.6 is 24.0 Å². The topological polar surface area (TPSA) is 66.0 Å². The maximum absolute atomic E-state index is 12.7. The van der Waals surface area contributed by atoms with Gasteiger partial charge >= 0.3 is 0 Å². The summed E-state index contributed by atoms with van der Waals surface area (Å²) in [6, 6.07) is 8.28. The third-order valence-electron chi connectivity index (χ3n) is 5.93. The number of likely N-dealkylation sites (tertiary alicyclic amines) is 1. The van der Waals surface area contributed by atoms with Crippen molar-refractivity contribution in [2.75, 3.05) is 20.1 Å². The highest BCUT2D eigenvalue weighted by Gasteiger charge is 2.41. The second kappa shape index (κ2) is 9.91. The molecule has 0 spiro atoms. The average molecular weight is 498 g/mol. The van der Waals surface area contributed by atoms with Crippen LogP contribution in [0.25, 0.3) is 0 Å². The Morgan fingerprint density at radius 2 is 2.07 bits per heavy atom. The fourth-order valence-electron chi connectivity index (χ4n) is 4.44. The number of amides is 1. The number of halogens is 1. The Hall–Kier alpha value is -1.35. The maximum atomic E-state index is 12.7. The zero-order valence-corrected chi connectivity index (χ0v) is 18.9. The molecule has 1 amide bonds. The van der Waals surface area contributed by atoms with Gasteiger partial charge in [-0.2, -0.15) is 0 Å². The predicted octanol–water partition coefficient (Wildman–Crippen LogP) is 2.92. The molecule has 6 nitrogen and oxygen atoms in total. The van der Waals surface area contributed by atoms with Crippen molar-refractivity contribution in [1.82, 2.24) is 15.5 Å². The Balaban J connectivity index is 0.00000225. The molecule has 3 saturated heterocycles. The highest BCUT2D eigenvalue weighted by atomic mass is 127. The number of hydrogen-bond acceptors (Lipinski definition) is 3. The van der Waals surface area contributed by atoms with Gasteiger partial charge in [0.25, 0.3) is 5.91 Å². The van der Waals surface area contributed by atoms with Crippen LogP contribution in [0.5, 0.6) is 0 Å². The molecule has 3 aliphatic heterocycles. The van der Waals surface area contributed by atoms with Gasteiger partial charge in [-0.25, -0.2) is 0 Å². The number of carbonyl (C=O) groups excluding carboxylic acids is 1. The number of nitrogens with one attached hydrogen (secondary N) is 2. The van der Waals surface area contributed by atoms with Gasteiger partial charge in [-0.1, -0.05) is 12.1 Å². The van der Waals surface area contributed by atoms with E-state index in [-0.39, 0.29) is 29.9 Å². The number of hydrogen-bond donors (Lipinski definition) is 2. The van der Waals surface area contributed by atoms with Crippen molar-refractivity contribution in [1.29, 1.82) is 0 Å². The van der Waals surface area contributed by atoms with Crippen LogP contribution in [0.15, 0.2) is 29.3 Å². The number of guanidine groups is 1. The lowest BCUT2D eigenvalue weighted by molar-refractivity contribution is 0.0724. The average Bonchev–Trinajstić information content (AvgIpc) is 3.34. The van der Waals surface area contributed by atoms with Crippen LogP contribution in [0.4, 0.5) is 0 Å².